The van der Waals surface area contributed by atoms with E-state index in [1.165, 1.54) is 12.7 Å². The molecule has 6 heteroatoms. The third-order valence-electron chi connectivity index (χ3n) is 2.01. The maximum atomic E-state index is 4.05. The predicted molar refractivity (Wildman–Crippen MR) is 49.4 cm³/mol. The molecule has 2 N–H and O–H groups in total. The van der Waals surface area contributed by atoms with Gasteiger partial charge in [-0.3, -0.25) is 10.2 Å². The molecule has 0 aliphatic carbocycles. The number of rotatable bonds is 5. The van der Waals surface area contributed by atoms with Crippen molar-refractivity contribution in [1.82, 2.24) is 30.4 Å². The van der Waals surface area contributed by atoms with Crippen LogP contribution in [0.4, 0.5) is 0 Å². The van der Waals surface area contributed by atoms with Gasteiger partial charge in [0.25, 0.3) is 0 Å². The lowest BCUT2D eigenvalue weighted by Gasteiger charge is -1.95. The molecule has 0 bridgehead atoms. The number of unbranched alkanes of at least 4 members (excludes halogenated alkanes) is 1. The highest BCUT2D eigenvalue weighted by atomic mass is 15.2. The molecule has 0 aliphatic heterocycles. The second-order valence-corrected chi connectivity index (χ2v) is 3.07. The quantitative estimate of drug-likeness (QED) is 0.675. The summed E-state index contributed by atoms with van der Waals surface area (Å²) >= 11 is 0. The van der Waals surface area contributed by atoms with E-state index in [2.05, 4.69) is 30.4 Å². The maximum absolute atomic E-state index is 4.05. The van der Waals surface area contributed by atoms with Crippen LogP contribution < -0.4 is 0 Å². The molecule has 74 valence electrons. The number of hydrogen-bond acceptors (Lipinski definition) is 4. The lowest BCUT2D eigenvalue weighted by atomic mass is 10.2. The summed E-state index contributed by atoms with van der Waals surface area (Å²) in [6.45, 7) is 0. The van der Waals surface area contributed by atoms with Crippen LogP contribution in [-0.2, 0) is 12.8 Å². The summed E-state index contributed by atoms with van der Waals surface area (Å²) < 4.78 is 0. The van der Waals surface area contributed by atoms with Gasteiger partial charge in [0.2, 0.25) is 0 Å². The third kappa shape index (κ3) is 2.38. The Bertz CT molecular complexity index is 302. The lowest BCUT2D eigenvalue weighted by molar-refractivity contribution is 0.690. The standard InChI is InChI=1S/C8H12N6/c1(3-7-9-5-11-13-7)2-4-8-10-6-12-14-8/h5-6H,1-4H2,(H,9,11,13)(H,10,12,14). The minimum atomic E-state index is 0.939. The molecule has 0 aromatic carbocycles. The number of hydrogen-bond donors (Lipinski definition) is 2. The molecule has 2 aromatic heterocycles. The molecule has 0 spiro atoms. The van der Waals surface area contributed by atoms with Gasteiger partial charge in [0.15, 0.2) is 0 Å². The van der Waals surface area contributed by atoms with Crippen molar-refractivity contribution in [3.8, 4) is 0 Å². The van der Waals surface area contributed by atoms with E-state index in [0.29, 0.717) is 0 Å². The van der Waals surface area contributed by atoms with E-state index in [4.69, 9.17) is 0 Å². The lowest BCUT2D eigenvalue weighted by Crippen LogP contribution is -1.92. The Hall–Kier alpha value is -1.72. The molecule has 0 fully saturated rings. The highest BCUT2D eigenvalue weighted by Gasteiger charge is 1.98. The van der Waals surface area contributed by atoms with Gasteiger partial charge in [0, 0.05) is 12.8 Å². The van der Waals surface area contributed by atoms with Crippen molar-refractivity contribution in [3.05, 3.63) is 24.3 Å². The van der Waals surface area contributed by atoms with Crippen LogP contribution in [0.2, 0.25) is 0 Å². The van der Waals surface area contributed by atoms with Gasteiger partial charge < -0.3 is 0 Å². The van der Waals surface area contributed by atoms with Crippen molar-refractivity contribution in [2.45, 2.75) is 25.7 Å². The van der Waals surface area contributed by atoms with Crippen molar-refractivity contribution < 1.29 is 0 Å². The van der Waals surface area contributed by atoms with E-state index in [1.54, 1.807) is 0 Å². The summed E-state index contributed by atoms with van der Waals surface area (Å²) in [5, 5.41) is 13.2. The largest absolute Gasteiger partial charge is 0.263 e. The zero-order valence-corrected chi connectivity index (χ0v) is 7.77. The third-order valence-corrected chi connectivity index (χ3v) is 2.01. The summed E-state index contributed by atoms with van der Waals surface area (Å²) in [5.74, 6) is 1.89. The first-order valence-electron chi connectivity index (χ1n) is 4.63. The van der Waals surface area contributed by atoms with E-state index >= 15 is 0 Å². The Balaban J connectivity index is 1.65. The highest BCUT2D eigenvalue weighted by molar-refractivity contribution is 4.82. The summed E-state index contributed by atoms with van der Waals surface area (Å²) in [6.07, 6.45) is 7.10. The average Bonchev–Trinajstić information content (AvgIpc) is 2.86. The Morgan fingerprint density at radius 2 is 1.36 bits per heavy atom. The second kappa shape index (κ2) is 4.50. The fourth-order valence-corrected chi connectivity index (χ4v) is 1.29. The molecule has 0 amide bonds. The SMILES string of the molecule is c1n[nH]c(CCCCc2ncn[nH]2)n1. The molecule has 0 unspecified atom stereocenters. The van der Waals surface area contributed by atoms with Crippen molar-refractivity contribution >= 4 is 0 Å². The number of H-pyrrole nitrogens is 2. The zero-order chi connectivity index (χ0) is 9.64. The van der Waals surface area contributed by atoms with Gasteiger partial charge in [-0.15, -0.1) is 0 Å². The van der Waals surface area contributed by atoms with Crippen LogP contribution in [0, 0.1) is 0 Å². The summed E-state index contributed by atoms with van der Waals surface area (Å²) in [5.41, 5.74) is 0. The molecule has 6 nitrogen and oxygen atoms in total. The molecule has 2 aromatic rings. The fourth-order valence-electron chi connectivity index (χ4n) is 1.29. The Morgan fingerprint density at radius 1 is 0.857 bits per heavy atom. The summed E-state index contributed by atoms with van der Waals surface area (Å²) in [4.78, 5) is 8.10. The molecule has 0 saturated carbocycles. The number of nitrogens with zero attached hydrogens (tertiary/aromatic N) is 4. The van der Waals surface area contributed by atoms with E-state index < -0.39 is 0 Å². The monoisotopic (exact) mass is 192 g/mol. The number of aryl methyl sites for hydroxylation is 2. The van der Waals surface area contributed by atoms with E-state index in [-0.39, 0.29) is 0 Å². The molecule has 2 heterocycles. The van der Waals surface area contributed by atoms with Crippen LogP contribution in [-0.4, -0.2) is 30.4 Å². The minimum Gasteiger partial charge on any atom is -0.263 e. The first kappa shape index (κ1) is 8.86. The fraction of sp³-hybridized carbons (Fsp3) is 0.500. The van der Waals surface area contributed by atoms with Gasteiger partial charge in [-0.25, -0.2) is 9.97 Å². The maximum Gasteiger partial charge on any atom is 0.137 e. The normalized spacial score (nSPS) is 10.6. The molecule has 14 heavy (non-hydrogen) atoms. The number of aromatic nitrogens is 6. The zero-order valence-electron chi connectivity index (χ0n) is 7.77. The summed E-state index contributed by atoms with van der Waals surface area (Å²) in [7, 11) is 0. The average molecular weight is 192 g/mol. The number of nitrogens with one attached hydrogen (secondary N) is 2. The molecule has 2 rings (SSSR count). The van der Waals surface area contributed by atoms with Crippen molar-refractivity contribution in [3.63, 3.8) is 0 Å². The smallest absolute Gasteiger partial charge is 0.137 e. The van der Waals surface area contributed by atoms with Crippen LogP contribution in [0.5, 0.6) is 0 Å². The molecular formula is C8H12N6. The molecular weight excluding hydrogens is 180 g/mol. The van der Waals surface area contributed by atoms with Gasteiger partial charge in [-0.05, 0) is 12.8 Å². The molecule has 0 aliphatic rings. The van der Waals surface area contributed by atoms with Gasteiger partial charge in [0.1, 0.15) is 24.3 Å². The van der Waals surface area contributed by atoms with Gasteiger partial charge in [0.05, 0.1) is 0 Å². The van der Waals surface area contributed by atoms with Gasteiger partial charge in [-0.1, -0.05) is 0 Å². The first-order chi connectivity index (χ1) is 6.95. The summed E-state index contributed by atoms with van der Waals surface area (Å²) in [6, 6.07) is 0. The van der Waals surface area contributed by atoms with Gasteiger partial charge >= 0.3 is 0 Å². The van der Waals surface area contributed by atoms with Crippen LogP contribution >= 0.6 is 0 Å². The second-order valence-electron chi connectivity index (χ2n) is 3.07. The first-order valence-corrected chi connectivity index (χ1v) is 4.63. The number of aromatic amines is 2. The van der Waals surface area contributed by atoms with E-state index in [1.807, 2.05) is 0 Å². The Kier molecular flexibility index (Phi) is 2.85. The van der Waals surface area contributed by atoms with Crippen LogP contribution in [0.1, 0.15) is 24.5 Å². The topological polar surface area (TPSA) is 83.1 Å². The Labute approximate surface area is 81.2 Å². The van der Waals surface area contributed by atoms with Crippen LogP contribution in [0.25, 0.3) is 0 Å². The Morgan fingerprint density at radius 3 is 1.71 bits per heavy atom. The van der Waals surface area contributed by atoms with Crippen molar-refractivity contribution in [1.29, 1.82) is 0 Å². The molecule has 0 saturated heterocycles. The van der Waals surface area contributed by atoms with Crippen LogP contribution in [0.3, 0.4) is 0 Å². The minimum absolute atomic E-state index is 0.939. The van der Waals surface area contributed by atoms with Crippen LogP contribution in [0.15, 0.2) is 12.7 Å². The van der Waals surface area contributed by atoms with Gasteiger partial charge in [-0.2, -0.15) is 10.2 Å². The van der Waals surface area contributed by atoms with E-state index in [0.717, 1.165) is 37.3 Å². The molecule has 0 radical (unpaired) electrons. The van der Waals surface area contributed by atoms with Crippen molar-refractivity contribution in [2.75, 3.05) is 0 Å². The van der Waals surface area contributed by atoms with E-state index in [9.17, 15) is 0 Å². The van der Waals surface area contributed by atoms with Crippen molar-refractivity contribution in [2.24, 2.45) is 0 Å². The molecule has 0 atom stereocenters. The predicted octanol–water partition coefficient (Wildman–Crippen LogP) is 0.488. The highest BCUT2D eigenvalue weighted by Crippen LogP contribution is 2.01.